The van der Waals surface area contributed by atoms with Crippen LogP contribution in [0.2, 0.25) is 0 Å². The fourth-order valence-electron chi connectivity index (χ4n) is 4.46. The molecule has 0 N–H and O–H groups in total. The van der Waals surface area contributed by atoms with E-state index < -0.39 is 22.0 Å². The topological polar surface area (TPSA) is 111 Å². The molecule has 2 heterocycles. The standard InChI is InChI=1S/C26H32N4O6S2/c1-5-36-26(32)28-10-12-29(13-11-28)38(33,34)21-8-6-20(7-9-21)24(31)27-25-30(14-15-35-4)23-19(3)16-18(2)17-22(23)37-25/h6-9,16-17H,5,10-15H2,1-4H3. The Kier molecular flexibility index (Phi) is 8.66. The normalized spacial score (nSPS) is 15.3. The second-order valence-corrected chi connectivity index (χ2v) is 11.9. The van der Waals surface area contributed by atoms with E-state index in [-0.39, 0.29) is 37.7 Å². The number of rotatable bonds is 7. The van der Waals surface area contributed by atoms with Gasteiger partial charge in [0.15, 0.2) is 4.80 Å². The van der Waals surface area contributed by atoms with Gasteiger partial charge in [0, 0.05) is 45.4 Å². The van der Waals surface area contributed by atoms with Crippen LogP contribution in [0.3, 0.4) is 0 Å². The molecule has 12 heteroatoms. The van der Waals surface area contributed by atoms with Crippen molar-refractivity contribution >= 4 is 43.6 Å². The van der Waals surface area contributed by atoms with Crippen LogP contribution >= 0.6 is 11.3 Å². The number of sulfonamides is 1. The summed E-state index contributed by atoms with van der Waals surface area (Å²) < 4.78 is 40.9. The minimum Gasteiger partial charge on any atom is -0.450 e. The smallest absolute Gasteiger partial charge is 0.409 e. The van der Waals surface area contributed by atoms with E-state index in [2.05, 4.69) is 17.1 Å². The van der Waals surface area contributed by atoms with Crippen molar-refractivity contribution in [2.75, 3.05) is 46.5 Å². The van der Waals surface area contributed by atoms with E-state index in [0.717, 1.165) is 21.3 Å². The minimum atomic E-state index is -3.77. The lowest BCUT2D eigenvalue weighted by atomic mass is 10.1. The third-order valence-corrected chi connectivity index (χ3v) is 9.27. The predicted octanol–water partition coefficient (Wildman–Crippen LogP) is 3.17. The van der Waals surface area contributed by atoms with Crippen LogP contribution in [-0.2, 0) is 26.0 Å². The molecule has 4 rings (SSSR count). The van der Waals surface area contributed by atoms with Crippen molar-refractivity contribution in [3.63, 3.8) is 0 Å². The van der Waals surface area contributed by atoms with Gasteiger partial charge in [-0.15, -0.1) is 0 Å². The number of benzene rings is 2. The van der Waals surface area contributed by atoms with E-state index >= 15 is 0 Å². The molecule has 1 aliphatic heterocycles. The summed E-state index contributed by atoms with van der Waals surface area (Å²) in [4.78, 5) is 31.5. The molecule has 0 radical (unpaired) electrons. The van der Waals surface area contributed by atoms with Crippen molar-refractivity contribution < 1.29 is 27.5 Å². The van der Waals surface area contributed by atoms with Gasteiger partial charge in [-0.3, -0.25) is 4.79 Å². The predicted molar refractivity (Wildman–Crippen MR) is 145 cm³/mol. The summed E-state index contributed by atoms with van der Waals surface area (Å²) in [5.74, 6) is -0.455. The van der Waals surface area contributed by atoms with Crippen molar-refractivity contribution in [1.82, 2.24) is 13.8 Å². The molecular weight excluding hydrogens is 528 g/mol. The van der Waals surface area contributed by atoms with Gasteiger partial charge in [-0.2, -0.15) is 9.30 Å². The molecule has 0 unspecified atom stereocenters. The first kappa shape index (κ1) is 28.0. The Bertz CT molecular complexity index is 1500. The van der Waals surface area contributed by atoms with Crippen LogP contribution in [0.25, 0.3) is 10.2 Å². The minimum absolute atomic E-state index is 0.0850. The van der Waals surface area contributed by atoms with E-state index in [0.29, 0.717) is 23.5 Å². The van der Waals surface area contributed by atoms with Gasteiger partial charge in [-0.05, 0) is 62.2 Å². The van der Waals surface area contributed by atoms with Gasteiger partial charge in [-0.25, -0.2) is 13.2 Å². The molecule has 0 saturated carbocycles. The molecule has 2 amide bonds. The van der Waals surface area contributed by atoms with Gasteiger partial charge in [0.05, 0.1) is 28.3 Å². The van der Waals surface area contributed by atoms with Crippen LogP contribution in [0.15, 0.2) is 46.3 Å². The van der Waals surface area contributed by atoms with E-state index in [1.54, 1.807) is 14.0 Å². The number of nitrogens with zero attached hydrogens (tertiary/aromatic N) is 4. The van der Waals surface area contributed by atoms with E-state index in [4.69, 9.17) is 9.47 Å². The Morgan fingerprint density at radius 2 is 1.74 bits per heavy atom. The van der Waals surface area contributed by atoms with Crippen LogP contribution in [0.4, 0.5) is 4.79 Å². The number of carbonyl (C=O) groups excluding carboxylic acids is 2. The lowest BCUT2D eigenvalue weighted by molar-refractivity contribution is 0.0933. The summed E-state index contributed by atoms with van der Waals surface area (Å²) in [6, 6.07) is 9.98. The molecule has 0 aliphatic carbocycles. The summed E-state index contributed by atoms with van der Waals surface area (Å²) >= 11 is 1.44. The second kappa shape index (κ2) is 11.8. The molecule has 0 bridgehead atoms. The zero-order valence-corrected chi connectivity index (χ0v) is 23.6. The maximum Gasteiger partial charge on any atom is 0.409 e. The molecule has 1 saturated heterocycles. The number of carbonyl (C=O) groups is 2. The quantitative estimate of drug-likeness (QED) is 0.439. The number of methoxy groups -OCH3 is 1. The Morgan fingerprint density at radius 1 is 1.05 bits per heavy atom. The molecule has 2 aromatic carbocycles. The largest absolute Gasteiger partial charge is 0.450 e. The number of thiazole rings is 1. The van der Waals surface area contributed by atoms with Crippen LogP contribution in [0.5, 0.6) is 0 Å². The van der Waals surface area contributed by atoms with E-state index in [1.807, 2.05) is 18.4 Å². The Hall–Kier alpha value is -3.06. The van der Waals surface area contributed by atoms with Gasteiger partial charge >= 0.3 is 6.09 Å². The summed E-state index contributed by atoms with van der Waals surface area (Å²) in [7, 11) is -2.14. The number of piperazine rings is 1. The molecule has 1 aromatic heterocycles. The number of amides is 2. The van der Waals surface area contributed by atoms with Gasteiger partial charge < -0.3 is 18.9 Å². The highest BCUT2D eigenvalue weighted by Crippen LogP contribution is 2.24. The first-order valence-electron chi connectivity index (χ1n) is 12.4. The molecule has 1 fully saturated rings. The number of ether oxygens (including phenoxy) is 2. The first-order chi connectivity index (χ1) is 18.1. The summed E-state index contributed by atoms with van der Waals surface area (Å²) in [6.07, 6.45) is -0.441. The molecule has 204 valence electrons. The SMILES string of the molecule is CCOC(=O)N1CCN(S(=O)(=O)c2ccc(C(=O)N=c3sc4cc(C)cc(C)c4n3CCOC)cc2)CC1. The average Bonchev–Trinajstić information content (AvgIpc) is 3.24. The lowest BCUT2D eigenvalue weighted by Gasteiger charge is -2.33. The van der Waals surface area contributed by atoms with Crippen molar-refractivity contribution in [3.05, 3.63) is 57.9 Å². The van der Waals surface area contributed by atoms with E-state index in [9.17, 15) is 18.0 Å². The summed E-state index contributed by atoms with van der Waals surface area (Å²) in [5.41, 5.74) is 3.54. The second-order valence-electron chi connectivity index (χ2n) is 8.99. The fourth-order valence-corrected chi connectivity index (χ4v) is 7.12. The lowest BCUT2D eigenvalue weighted by Crippen LogP contribution is -2.50. The summed E-state index contributed by atoms with van der Waals surface area (Å²) in [6.45, 7) is 7.93. The molecule has 0 atom stereocenters. The van der Waals surface area contributed by atoms with Crippen LogP contribution in [0, 0.1) is 13.8 Å². The zero-order valence-electron chi connectivity index (χ0n) is 22.0. The Balaban J connectivity index is 1.55. The van der Waals surface area contributed by atoms with Crippen molar-refractivity contribution in [2.45, 2.75) is 32.2 Å². The molecule has 10 nitrogen and oxygen atoms in total. The van der Waals surface area contributed by atoms with Crippen molar-refractivity contribution in [2.24, 2.45) is 4.99 Å². The highest BCUT2D eigenvalue weighted by molar-refractivity contribution is 7.89. The van der Waals surface area contributed by atoms with Crippen molar-refractivity contribution in [1.29, 1.82) is 0 Å². The fraction of sp³-hybridized carbons (Fsp3) is 0.423. The summed E-state index contributed by atoms with van der Waals surface area (Å²) in [5, 5.41) is 0. The number of aryl methyl sites for hydroxylation is 2. The van der Waals surface area contributed by atoms with Crippen molar-refractivity contribution in [3.8, 4) is 0 Å². The van der Waals surface area contributed by atoms with Gasteiger partial charge in [-0.1, -0.05) is 17.4 Å². The highest BCUT2D eigenvalue weighted by atomic mass is 32.2. The molecule has 1 aliphatic rings. The van der Waals surface area contributed by atoms with Crippen LogP contribution < -0.4 is 4.80 Å². The third-order valence-electron chi connectivity index (χ3n) is 6.33. The first-order valence-corrected chi connectivity index (χ1v) is 14.6. The third kappa shape index (κ3) is 5.83. The number of fused-ring (bicyclic) bond motifs is 1. The Labute approximate surface area is 226 Å². The number of aromatic nitrogens is 1. The monoisotopic (exact) mass is 560 g/mol. The maximum atomic E-state index is 13.1. The molecule has 0 spiro atoms. The maximum absolute atomic E-state index is 13.1. The van der Waals surface area contributed by atoms with Gasteiger partial charge in [0.1, 0.15) is 0 Å². The average molecular weight is 561 g/mol. The van der Waals surface area contributed by atoms with Gasteiger partial charge in [0.2, 0.25) is 10.0 Å². The van der Waals surface area contributed by atoms with E-state index in [1.165, 1.54) is 44.8 Å². The van der Waals surface area contributed by atoms with Crippen LogP contribution in [0.1, 0.15) is 28.4 Å². The molecule has 38 heavy (non-hydrogen) atoms. The van der Waals surface area contributed by atoms with Crippen LogP contribution in [-0.4, -0.2) is 80.7 Å². The molecular formula is C26H32N4O6S2. The van der Waals surface area contributed by atoms with Gasteiger partial charge in [0.25, 0.3) is 5.91 Å². The zero-order chi connectivity index (χ0) is 27.4. The highest BCUT2D eigenvalue weighted by Gasteiger charge is 2.30. The molecule has 3 aromatic rings. The Morgan fingerprint density at radius 3 is 2.37 bits per heavy atom. The number of hydrogen-bond acceptors (Lipinski definition) is 7. The number of hydrogen-bond donors (Lipinski definition) is 0.